The van der Waals surface area contributed by atoms with Gasteiger partial charge in [0, 0.05) is 19.1 Å². The van der Waals surface area contributed by atoms with Crippen molar-refractivity contribution in [2.45, 2.75) is 45.6 Å². The molecular formula is C15H23BrN2OS. The maximum absolute atomic E-state index is 12.2. The highest BCUT2D eigenvalue weighted by atomic mass is 79.9. The third-order valence-corrected chi connectivity index (χ3v) is 5.97. The first kappa shape index (κ1) is 16.0. The zero-order chi connectivity index (χ0) is 14.5. The molecule has 2 rings (SSSR count). The number of rotatable bonds is 5. The van der Waals surface area contributed by atoms with E-state index in [0.29, 0.717) is 6.04 Å². The fourth-order valence-electron chi connectivity index (χ4n) is 2.51. The number of halogens is 1. The Kier molecular flexibility index (Phi) is 6.05. The summed E-state index contributed by atoms with van der Waals surface area (Å²) < 4.78 is 1.05. The van der Waals surface area contributed by atoms with Crippen LogP contribution in [0.25, 0.3) is 0 Å². The standard InChI is InChI=1S/C15H23BrN2OS/c1-3-4-7-18-8-5-12(6-9-18)17-15(19)13-10-11(2)14(16)20-13/h10,12H,3-9H2,1-2H3,(H,17,19). The topological polar surface area (TPSA) is 32.3 Å². The molecule has 0 unspecified atom stereocenters. The normalized spacial score (nSPS) is 17.4. The Morgan fingerprint density at radius 2 is 2.20 bits per heavy atom. The molecule has 0 radical (unpaired) electrons. The second-order valence-electron chi connectivity index (χ2n) is 5.51. The fourth-order valence-corrected chi connectivity index (χ4v) is 3.95. The zero-order valence-electron chi connectivity index (χ0n) is 12.2. The van der Waals surface area contributed by atoms with E-state index in [1.165, 1.54) is 30.7 Å². The molecule has 0 atom stereocenters. The SMILES string of the molecule is CCCCN1CCC(NC(=O)c2cc(C)c(Br)s2)CC1. The quantitative estimate of drug-likeness (QED) is 0.867. The number of thiophene rings is 1. The molecule has 0 bridgehead atoms. The summed E-state index contributed by atoms with van der Waals surface area (Å²) in [6.07, 6.45) is 4.67. The summed E-state index contributed by atoms with van der Waals surface area (Å²) in [5.41, 5.74) is 1.13. The number of amides is 1. The van der Waals surface area contributed by atoms with Gasteiger partial charge in [0.1, 0.15) is 0 Å². The van der Waals surface area contributed by atoms with Crippen molar-refractivity contribution in [2.75, 3.05) is 19.6 Å². The largest absolute Gasteiger partial charge is 0.349 e. The van der Waals surface area contributed by atoms with E-state index in [1.807, 2.05) is 13.0 Å². The summed E-state index contributed by atoms with van der Waals surface area (Å²) in [6.45, 7) is 7.67. The van der Waals surface area contributed by atoms with Crippen LogP contribution in [0, 0.1) is 6.92 Å². The fraction of sp³-hybridized carbons (Fsp3) is 0.667. The Morgan fingerprint density at radius 3 is 2.75 bits per heavy atom. The van der Waals surface area contributed by atoms with Crippen LogP contribution in [0.3, 0.4) is 0 Å². The van der Waals surface area contributed by atoms with Gasteiger partial charge >= 0.3 is 0 Å². The maximum Gasteiger partial charge on any atom is 0.261 e. The van der Waals surface area contributed by atoms with E-state index >= 15 is 0 Å². The van der Waals surface area contributed by atoms with Crippen molar-refractivity contribution in [3.63, 3.8) is 0 Å². The van der Waals surface area contributed by atoms with Crippen LogP contribution < -0.4 is 5.32 Å². The lowest BCUT2D eigenvalue weighted by Crippen LogP contribution is -2.44. The van der Waals surface area contributed by atoms with Crippen molar-refractivity contribution in [2.24, 2.45) is 0 Å². The second kappa shape index (κ2) is 7.57. The van der Waals surface area contributed by atoms with Gasteiger partial charge in [-0.2, -0.15) is 0 Å². The molecule has 0 spiro atoms. The number of nitrogens with zero attached hydrogens (tertiary/aromatic N) is 1. The Morgan fingerprint density at radius 1 is 1.50 bits per heavy atom. The van der Waals surface area contributed by atoms with Gasteiger partial charge < -0.3 is 10.2 Å². The molecule has 1 aliphatic heterocycles. The van der Waals surface area contributed by atoms with Gasteiger partial charge in [0.15, 0.2) is 0 Å². The lowest BCUT2D eigenvalue weighted by Gasteiger charge is -2.32. The number of likely N-dealkylation sites (tertiary alicyclic amines) is 1. The van der Waals surface area contributed by atoms with Crippen LogP contribution in [0.15, 0.2) is 9.85 Å². The van der Waals surface area contributed by atoms with Crippen molar-refractivity contribution in [1.29, 1.82) is 0 Å². The van der Waals surface area contributed by atoms with Gasteiger partial charge in [-0.1, -0.05) is 13.3 Å². The second-order valence-corrected chi connectivity index (χ2v) is 7.88. The first-order valence-electron chi connectivity index (χ1n) is 7.39. The van der Waals surface area contributed by atoms with E-state index in [4.69, 9.17) is 0 Å². The van der Waals surface area contributed by atoms with Crippen LogP contribution >= 0.6 is 27.3 Å². The molecule has 3 nitrogen and oxygen atoms in total. The molecule has 5 heteroatoms. The number of nitrogens with one attached hydrogen (secondary N) is 1. The van der Waals surface area contributed by atoms with Gasteiger partial charge in [0.25, 0.3) is 5.91 Å². The Labute approximate surface area is 133 Å². The van der Waals surface area contributed by atoms with E-state index < -0.39 is 0 Å². The summed E-state index contributed by atoms with van der Waals surface area (Å²) in [7, 11) is 0. The maximum atomic E-state index is 12.2. The molecule has 1 aromatic rings. The highest BCUT2D eigenvalue weighted by molar-refractivity contribution is 9.11. The number of carbonyl (C=O) groups excluding carboxylic acids is 1. The van der Waals surface area contributed by atoms with Gasteiger partial charge in [0.05, 0.1) is 8.66 Å². The number of carbonyl (C=O) groups is 1. The Balaban J connectivity index is 1.79. The molecule has 112 valence electrons. The minimum absolute atomic E-state index is 0.0795. The summed E-state index contributed by atoms with van der Waals surface area (Å²) >= 11 is 4.99. The van der Waals surface area contributed by atoms with Gasteiger partial charge in [0.2, 0.25) is 0 Å². The molecule has 20 heavy (non-hydrogen) atoms. The van der Waals surface area contributed by atoms with Gasteiger partial charge in [-0.3, -0.25) is 4.79 Å². The average molecular weight is 359 g/mol. The molecule has 0 aliphatic carbocycles. The minimum atomic E-state index is 0.0795. The number of hydrogen-bond donors (Lipinski definition) is 1. The third kappa shape index (κ3) is 4.30. The molecule has 1 saturated heterocycles. The molecule has 1 amide bonds. The predicted molar refractivity (Wildman–Crippen MR) is 88.6 cm³/mol. The van der Waals surface area contributed by atoms with Gasteiger partial charge in [-0.15, -0.1) is 11.3 Å². The predicted octanol–water partition coefficient (Wildman–Crippen LogP) is 3.81. The van der Waals surface area contributed by atoms with E-state index in [2.05, 4.69) is 33.1 Å². The first-order chi connectivity index (χ1) is 9.60. The number of aryl methyl sites for hydroxylation is 1. The van der Waals surface area contributed by atoms with Crippen molar-refractivity contribution >= 4 is 33.2 Å². The number of unbranched alkanes of at least 4 members (excludes halogenated alkanes) is 1. The third-order valence-electron chi connectivity index (χ3n) is 3.83. The van der Waals surface area contributed by atoms with Crippen LogP contribution in [-0.2, 0) is 0 Å². The van der Waals surface area contributed by atoms with Crippen LogP contribution in [0.4, 0.5) is 0 Å². The van der Waals surface area contributed by atoms with E-state index in [9.17, 15) is 4.79 Å². The zero-order valence-corrected chi connectivity index (χ0v) is 14.6. The molecule has 1 fully saturated rings. The molecule has 0 aromatic carbocycles. The van der Waals surface area contributed by atoms with E-state index in [0.717, 1.165) is 40.2 Å². The van der Waals surface area contributed by atoms with Crippen LogP contribution in [0.2, 0.25) is 0 Å². The van der Waals surface area contributed by atoms with Gasteiger partial charge in [-0.05, 0) is 60.3 Å². The van der Waals surface area contributed by atoms with Crippen LogP contribution in [0.1, 0.15) is 47.8 Å². The van der Waals surface area contributed by atoms with Crippen molar-refractivity contribution in [1.82, 2.24) is 10.2 Å². The number of piperidine rings is 1. The highest BCUT2D eigenvalue weighted by Gasteiger charge is 2.21. The minimum Gasteiger partial charge on any atom is -0.349 e. The van der Waals surface area contributed by atoms with Crippen LogP contribution in [-0.4, -0.2) is 36.5 Å². The smallest absolute Gasteiger partial charge is 0.261 e. The summed E-state index contributed by atoms with van der Waals surface area (Å²) in [5, 5.41) is 3.18. The number of hydrogen-bond acceptors (Lipinski definition) is 3. The molecule has 1 aliphatic rings. The summed E-state index contributed by atoms with van der Waals surface area (Å²) in [6, 6.07) is 2.29. The van der Waals surface area contributed by atoms with Crippen molar-refractivity contribution in [3.05, 3.63) is 20.3 Å². The average Bonchev–Trinajstić information content (AvgIpc) is 2.78. The lowest BCUT2D eigenvalue weighted by atomic mass is 10.0. The molecule has 1 aromatic heterocycles. The van der Waals surface area contributed by atoms with E-state index in [-0.39, 0.29) is 5.91 Å². The molecule has 1 N–H and O–H groups in total. The lowest BCUT2D eigenvalue weighted by molar-refractivity contribution is 0.0915. The first-order valence-corrected chi connectivity index (χ1v) is 9.00. The highest BCUT2D eigenvalue weighted by Crippen LogP contribution is 2.27. The Bertz CT molecular complexity index is 433. The molecule has 0 saturated carbocycles. The van der Waals surface area contributed by atoms with Gasteiger partial charge in [-0.25, -0.2) is 0 Å². The summed E-state index contributed by atoms with van der Waals surface area (Å²) in [4.78, 5) is 15.5. The molecular weight excluding hydrogens is 336 g/mol. The monoisotopic (exact) mass is 358 g/mol. The van der Waals surface area contributed by atoms with Crippen LogP contribution in [0.5, 0.6) is 0 Å². The van der Waals surface area contributed by atoms with E-state index in [1.54, 1.807) is 0 Å². The molecule has 2 heterocycles. The van der Waals surface area contributed by atoms with Crippen molar-refractivity contribution < 1.29 is 4.79 Å². The Hall–Kier alpha value is -0.390. The summed E-state index contributed by atoms with van der Waals surface area (Å²) in [5.74, 6) is 0.0795. The van der Waals surface area contributed by atoms with Crippen molar-refractivity contribution in [3.8, 4) is 0 Å².